The molecule has 0 bridgehead atoms. The first-order valence-electron chi connectivity index (χ1n) is 2.95. The molecule has 1 aromatic carbocycles. The molecule has 1 rings (SSSR count). The Morgan fingerprint density at radius 2 is 1.83 bits per heavy atom. The lowest BCUT2D eigenvalue weighted by Crippen LogP contribution is -1.92. The molecular weight excluding hydrogens is 362 g/mol. The molecule has 1 aromatic rings. The van der Waals surface area contributed by atoms with Gasteiger partial charge in [0.1, 0.15) is 5.82 Å². The number of hydrogen-bond donors (Lipinski definition) is 0. The molecule has 0 N–H and O–H groups in total. The number of hydrogen-bond acceptors (Lipinski definition) is 0. The van der Waals surface area contributed by atoms with Crippen LogP contribution in [0.1, 0.15) is 5.56 Å². The molecule has 0 nitrogen and oxygen atoms in total. The molecule has 0 aliphatic carbocycles. The highest BCUT2D eigenvalue weighted by Gasteiger charge is 2.13. The normalized spacial score (nSPS) is 10.4. The minimum absolute atomic E-state index is 0.122. The molecule has 0 atom stereocenters. The van der Waals surface area contributed by atoms with E-state index in [0.717, 1.165) is 6.07 Å². The third kappa shape index (κ3) is 1.88. The molecule has 0 aromatic heterocycles. The van der Waals surface area contributed by atoms with Crippen molar-refractivity contribution < 1.29 is 8.78 Å². The summed E-state index contributed by atoms with van der Waals surface area (Å²) >= 11 is 8.93. The van der Waals surface area contributed by atoms with E-state index in [9.17, 15) is 8.78 Å². The highest BCUT2D eigenvalue weighted by atomic mass is 79.9. The van der Waals surface area contributed by atoms with E-state index in [1.54, 1.807) is 0 Å². The highest BCUT2D eigenvalue weighted by Crippen LogP contribution is 2.30. The van der Waals surface area contributed by atoms with Crippen molar-refractivity contribution in [1.82, 2.24) is 0 Å². The largest absolute Gasteiger partial charge is 0.207 e. The van der Waals surface area contributed by atoms with Gasteiger partial charge in [0.2, 0.25) is 0 Å². The molecule has 0 spiro atoms. The highest BCUT2D eigenvalue weighted by molar-refractivity contribution is 9.11. The zero-order chi connectivity index (χ0) is 9.30. The maximum Gasteiger partial charge on any atom is 0.152 e. The Balaban J connectivity index is 3.40. The van der Waals surface area contributed by atoms with Gasteiger partial charge >= 0.3 is 0 Å². The lowest BCUT2D eigenvalue weighted by molar-refractivity contribution is 0.580. The average Bonchev–Trinajstić information content (AvgIpc) is 2.01. The molecule has 0 saturated heterocycles. The molecule has 5 heteroatoms. The van der Waals surface area contributed by atoms with Gasteiger partial charge in [-0.1, -0.05) is 15.9 Å². The van der Waals surface area contributed by atoms with E-state index < -0.39 is 11.6 Å². The van der Waals surface area contributed by atoms with Crippen LogP contribution in [0.3, 0.4) is 0 Å². The van der Waals surface area contributed by atoms with Gasteiger partial charge in [0.25, 0.3) is 0 Å². The van der Waals surface area contributed by atoms with Crippen LogP contribution in [0.4, 0.5) is 8.78 Å². The van der Waals surface area contributed by atoms with Gasteiger partial charge in [0, 0.05) is 10.9 Å². The minimum atomic E-state index is -0.481. The second-order valence-electron chi connectivity index (χ2n) is 2.08. The van der Waals surface area contributed by atoms with Crippen LogP contribution in [-0.2, 0) is 5.33 Å². The molecule has 12 heavy (non-hydrogen) atoms. The summed E-state index contributed by atoms with van der Waals surface area (Å²) < 4.78 is 26.4. The Labute approximate surface area is 93.7 Å². The quantitative estimate of drug-likeness (QED) is 0.394. The van der Waals surface area contributed by atoms with E-state index in [4.69, 9.17) is 0 Å². The second-order valence-corrected chi connectivity index (χ2v) is 4.29. The topological polar surface area (TPSA) is 0 Å². The minimum Gasteiger partial charge on any atom is -0.207 e. The third-order valence-electron chi connectivity index (χ3n) is 1.34. The third-order valence-corrected chi connectivity index (χ3v) is 3.31. The van der Waals surface area contributed by atoms with E-state index in [1.165, 1.54) is 0 Å². The zero-order valence-corrected chi connectivity index (χ0v) is 10.4. The van der Waals surface area contributed by atoms with Gasteiger partial charge in [-0.3, -0.25) is 0 Å². The Morgan fingerprint density at radius 1 is 1.25 bits per heavy atom. The molecular formula is C7H3Br3F2. The summed E-state index contributed by atoms with van der Waals surface area (Å²) in [4.78, 5) is 0. The van der Waals surface area contributed by atoms with E-state index in [1.807, 2.05) is 0 Å². The molecule has 0 saturated carbocycles. The van der Waals surface area contributed by atoms with Gasteiger partial charge in [-0.15, -0.1) is 0 Å². The molecule has 0 unspecified atom stereocenters. The predicted octanol–water partition coefficient (Wildman–Crippen LogP) is 4.38. The fourth-order valence-electron chi connectivity index (χ4n) is 0.726. The first-order chi connectivity index (χ1) is 5.57. The summed E-state index contributed by atoms with van der Waals surface area (Å²) in [5, 5.41) is 0.281. The summed E-state index contributed by atoms with van der Waals surface area (Å²) in [7, 11) is 0. The van der Waals surface area contributed by atoms with Gasteiger partial charge in [0.15, 0.2) is 5.82 Å². The van der Waals surface area contributed by atoms with Crippen LogP contribution in [0, 0.1) is 11.6 Å². The predicted molar refractivity (Wildman–Crippen MR) is 54.4 cm³/mol. The maximum absolute atomic E-state index is 13.1. The Morgan fingerprint density at radius 3 is 2.33 bits per heavy atom. The second kappa shape index (κ2) is 4.15. The van der Waals surface area contributed by atoms with Crippen LogP contribution < -0.4 is 0 Å². The van der Waals surface area contributed by atoms with Crippen molar-refractivity contribution >= 4 is 47.8 Å². The number of alkyl halides is 1. The SMILES string of the molecule is Fc1cc(Br)c(F)c(Br)c1CBr. The van der Waals surface area contributed by atoms with E-state index in [2.05, 4.69) is 47.8 Å². The van der Waals surface area contributed by atoms with Crippen LogP contribution in [-0.4, -0.2) is 0 Å². The first kappa shape index (κ1) is 10.6. The summed E-state index contributed by atoms with van der Waals surface area (Å²) in [5.41, 5.74) is 0.288. The summed E-state index contributed by atoms with van der Waals surface area (Å²) in [6.45, 7) is 0. The Hall–Kier alpha value is 0.520. The van der Waals surface area contributed by atoms with Crippen molar-refractivity contribution in [1.29, 1.82) is 0 Å². The van der Waals surface area contributed by atoms with Crippen molar-refractivity contribution in [3.63, 3.8) is 0 Å². The van der Waals surface area contributed by atoms with Crippen LogP contribution in [0.25, 0.3) is 0 Å². The molecule has 0 radical (unpaired) electrons. The lowest BCUT2D eigenvalue weighted by Gasteiger charge is -2.04. The van der Waals surface area contributed by atoms with Crippen LogP contribution >= 0.6 is 47.8 Å². The van der Waals surface area contributed by atoms with Gasteiger partial charge in [0.05, 0.1) is 8.95 Å². The molecule has 0 heterocycles. The van der Waals surface area contributed by atoms with Crippen molar-refractivity contribution in [2.24, 2.45) is 0 Å². The zero-order valence-electron chi connectivity index (χ0n) is 5.67. The van der Waals surface area contributed by atoms with Crippen LogP contribution in [0.5, 0.6) is 0 Å². The number of rotatable bonds is 1. The lowest BCUT2D eigenvalue weighted by atomic mass is 10.2. The van der Waals surface area contributed by atoms with Gasteiger partial charge in [-0.05, 0) is 37.9 Å². The average molecular weight is 365 g/mol. The molecule has 0 aliphatic heterocycles. The van der Waals surface area contributed by atoms with Crippen LogP contribution in [0.15, 0.2) is 15.0 Å². The molecule has 66 valence electrons. The van der Waals surface area contributed by atoms with Crippen molar-refractivity contribution in [2.75, 3.05) is 0 Å². The Bertz CT molecular complexity index is 312. The van der Waals surface area contributed by atoms with Crippen molar-refractivity contribution in [2.45, 2.75) is 5.33 Å². The van der Waals surface area contributed by atoms with Crippen LogP contribution in [0.2, 0.25) is 0 Å². The van der Waals surface area contributed by atoms with Gasteiger partial charge in [-0.2, -0.15) is 0 Å². The van der Waals surface area contributed by atoms with Gasteiger partial charge in [-0.25, -0.2) is 8.78 Å². The first-order valence-corrected chi connectivity index (χ1v) is 5.66. The standard InChI is InChI=1S/C7H3Br3F2/c8-2-3-5(11)1-4(9)7(12)6(3)10/h1H,2H2. The molecule has 0 amide bonds. The fraction of sp³-hybridized carbons (Fsp3) is 0.143. The van der Waals surface area contributed by atoms with Crippen molar-refractivity contribution in [3.05, 3.63) is 32.2 Å². The number of benzene rings is 1. The van der Waals surface area contributed by atoms with Gasteiger partial charge < -0.3 is 0 Å². The van der Waals surface area contributed by atoms with Crippen molar-refractivity contribution in [3.8, 4) is 0 Å². The van der Waals surface area contributed by atoms with E-state index in [0.29, 0.717) is 0 Å². The Kier molecular flexibility index (Phi) is 3.67. The summed E-state index contributed by atoms with van der Waals surface area (Å²) in [6.07, 6.45) is 0. The van der Waals surface area contributed by atoms with E-state index >= 15 is 0 Å². The molecule has 0 fully saturated rings. The fourth-order valence-corrected chi connectivity index (χ4v) is 2.86. The smallest absolute Gasteiger partial charge is 0.152 e. The summed E-state index contributed by atoms with van der Waals surface area (Å²) in [6, 6.07) is 1.11. The summed E-state index contributed by atoms with van der Waals surface area (Å²) in [5.74, 6) is -0.919. The molecule has 0 aliphatic rings. The maximum atomic E-state index is 13.1. The van der Waals surface area contributed by atoms with E-state index in [-0.39, 0.29) is 19.8 Å². The number of halogens is 5. The monoisotopic (exact) mass is 362 g/mol.